The van der Waals surface area contributed by atoms with Gasteiger partial charge in [0.2, 0.25) is 0 Å². The molecule has 0 saturated carbocycles. The Morgan fingerprint density at radius 1 is 1.18 bits per heavy atom. The van der Waals surface area contributed by atoms with Gasteiger partial charge in [-0.05, 0) is 77.2 Å². The molecule has 1 atom stereocenters. The van der Waals surface area contributed by atoms with Crippen molar-refractivity contribution < 1.29 is 9.13 Å². The Morgan fingerprint density at radius 3 is 2.68 bits per heavy atom. The molecule has 0 aliphatic rings. The molecule has 0 saturated heterocycles. The smallest absolute Gasteiger partial charge is 0.123 e. The number of halogens is 2. The molecule has 0 spiro atoms. The summed E-state index contributed by atoms with van der Waals surface area (Å²) in [5.41, 5.74) is 2.92. The van der Waals surface area contributed by atoms with Gasteiger partial charge < -0.3 is 10.1 Å². The molecule has 3 nitrogen and oxygen atoms in total. The molecule has 3 aromatic rings. The summed E-state index contributed by atoms with van der Waals surface area (Å²) in [6.45, 7) is 7.19. The third kappa shape index (κ3) is 4.81. The Bertz CT molecular complexity index is 974. The van der Waals surface area contributed by atoms with Crippen LogP contribution in [0.5, 0.6) is 5.75 Å². The van der Waals surface area contributed by atoms with E-state index in [2.05, 4.69) is 65.8 Å². The highest BCUT2D eigenvalue weighted by Gasteiger charge is 2.27. The molecule has 148 valence electrons. The van der Waals surface area contributed by atoms with Gasteiger partial charge in [0, 0.05) is 23.5 Å². The molecule has 1 unspecified atom stereocenters. The third-order valence-corrected chi connectivity index (χ3v) is 5.67. The number of hydrogen-bond donors (Lipinski definition) is 1. The van der Waals surface area contributed by atoms with Gasteiger partial charge in [0.1, 0.15) is 15.3 Å². The molecule has 0 aliphatic heterocycles. The molecule has 0 radical (unpaired) electrons. The second kappa shape index (κ2) is 8.74. The zero-order chi connectivity index (χ0) is 20.3. The summed E-state index contributed by atoms with van der Waals surface area (Å²) in [6.07, 6.45) is 0.854. The molecular weight excluding hydrogens is 466 g/mol. The van der Waals surface area contributed by atoms with Crippen LogP contribution in [0.3, 0.4) is 0 Å². The lowest BCUT2D eigenvalue weighted by atomic mass is 9.78. The number of nitrogens with one attached hydrogen (secondary N) is 1. The van der Waals surface area contributed by atoms with E-state index in [1.165, 1.54) is 17.0 Å². The van der Waals surface area contributed by atoms with E-state index in [-0.39, 0.29) is 17.3 Å². The molecule has 1 N–H and O–H groups in total. The average Bonchev–Trinajstić information content (AvgIpc) is 2.65. The maximum Gasteiger partial charge on any atom is 0.123 e. The number of para-hydroxylation sites is 1. The van der Waals surface area contributed by atoms with E-state index in [0.717, 1.165) is 33.5 Å². The topological polar surface area (TPSA) is 34.1 Å². The van der Waals surface area contributed by atoms with Crippen LogP contribution in [0, 0.1) is 9.52 Å². The van der Waals surface area contributed by atoms with Gasteiger partial charge in [-0.25, -0.2) is 9.37 Å². The molecule has 5 heteroatoms. The van der Waals surface area contributed by atoms with Crippen LogP contribution < -0.4 is 10.1 Å². The quantitative estimate of drug-likeness (QED) is 0.333. The van der Waals surface area contributed by atoms with E-state index in [1.807, 2.05) is 18.2 Å². The van der Waals surface area contributed by atoms with Crippen molar-refractivity contribution in [2.24, 2.45) is 0 Å². The number of hydrogen-bond acceptors (Lipinski definition) is 3. The second-order valence-electron chi connectivity index (χ2n) is 7.84. The molecule has 28 heavy (non-hydrogen) atoms. The maximum atomic E-state index is 13.8. The molecular formula is C23H26FIN2O. The summed E-state index contributed by atoms with van der Waals surface area (Å²) in [5, 5.41) is 4.81. The minimum atomic E-state index is -0.234. The molecule has 3 rings (SSSR count). The lowest BCUT2D eigenvalue weighted by Gasteiger charge is -2.30. The minimum Gasteiger partial charge on any atom is -0.496 e. The summed E-state index contributed by atoms with van der Waals surface area (Å²) in [4.78, 5) is 4.60. The largest absolute Gasteiger partial charge is 0.496 e. The van der Waals surface area contributed by atoms with Gasteiger partial charge in [0.15, 0.2) is 0 Å². The SMILES string of the molecule is COc1ccc(F)cc1C(C)(C)CC(C)NCc1cc(I)nc2ccccc12. The Labute approximate surface area is 179 Å². The van der Waals surface area contributed by atoms with Crippen molar-refractivity contribution in [1.29, 1.82) is 0 Å². The fourth-order valence-electron chi connectivity index (χ4n) is 3.80. The number of nitrogens with zero attached hydrogens (tertiary/aromatic N) is 1. The predicted molar refractivity (Wildman–Crippen MR) is 121 cm³/mol. The highest BCUT2D eigenvalue weighted by atomic mass is 127. The number of pyridine rings is 1. The number of ether oxygens (including phenoxy) is 1. The first-order valence-corrected chi connectivity index (χ1v) is 10.5. The molecule has 0 bridgehead atoms. The van der Waals surface area contributed by atoms with E-state index >= 15 is 0 Å². The number of aromatic nitrogens is 1. The Balaban J connectivity index is 1.74. The molecule has 2 aromatic carbocycles. The Kier molecular flexibility index (Phi) is 6.55. The van der Waals surface area contributed by atoms with E-state index < -0.39 is 0 Å². The lowest BCUT2D eigenvalue weighted by molar-refractivity contribution is 0.356. The van der Waals surface area contributed by atoms with Crippen molar-refractivity contribution in [2.45, 2.75) is 45.2 Å². The monoisotopic (exact) mass is 492 g/mol. The zero-order valence-corrected chi connectivity index (χ0v) is 18.9. The first-order valence-electron chi connectivity index (χ1n) is 9.42. The van der Waals surface area contributed by atoms with Crippen LogP contribution in [-0.4, -0.2) is 18.1 Å². The summed E-state index contributed by atoms with van der Waals surface area (Å²) in [6, 6.07) is 15.3. The fraction of sp³-hybridized carbons (Fsp3) is 0.348. The highest BCUT2D eigenvalue weighted by Crippen LogP contribution is 2.35. The molecule has 0 aliphatic carbocycles. The van der Waals surface area contributed by atoms with Gasteiger partial charge in [-0.1, -0.05) is 32.0 Å². The first-order chi connectivity index (χ1) is 13.3. The van der Waals surface area contributed by atoms with E-state index in [4.69, 9.17) is 4.74 Å². The molecule has 0 amide bonds. The maximum absolute atomic E-state index is 13.8. The lowest BCUT2D eigenvalue weighted by Crippen LogP contribution is -2.33. The van der Waals surface area contributed by atoms with Crippen LogP contribution in [0.25, 0.3) is 10.9 Å². The van der Waals surface area contributed by atoms with Crippen molar-refractivity contribution in [3.63, 3.8) is 0 Å². The van der Waals surface area contributed by atoms with Crippen molar-refractivity contribution in [3.05, 3.63) is 69.2 Å². The van der Waals surface area contributed by atoms with Gasteiger partial charge in [-0.2, -0.15) is 0 Å². The van der Waals surface area contributed by atoms with E-state index in [0.29, 0.717) is 0 Å². The molecule has 1 aromatic heterocycles. The summed E-state index contributed by atoms with van der Waals surface area (Å²) in [5.74, 6) is 0.496. The molecule has 1 heterocycles. The number of fused-ring (bicyclic) bond motifs is 1. The van der Waals surface area contributed by atoms with Crippen LogP contribution in [-0.2, 0) is 12.0 Å². The predicted octanol–water partition coefficient (Wildman–Crippen LogP) is 5.83. The number of benzene rings is 2. The summed E-state index contributed by atoms with van der Waals surface area (Å²) < 4.78 is 20.3. The third-order valence-electron chi connectivity index (χ3n) is 5.12. The standard InChI is InChI=1S/C23H26FIN2O/c1-15(13-23(2,3)19-12-17(24)9-10-21(19)28-4)26-14-16-11-22(25)27-20-8-6-5-7-18(16)20/h5-12,15,26H,13-14H2,1-4H3. The van der Waals surface area contributed by atoms with Crippen LogP contribution in [0.4, 0.5) is 4.39 Å². The number of methoxy groups -OCH3 is 1. The van der Waals surface area contributed by atoms with Crippen molar-refractivity contribution in [3.8, 4) is 5.75 Å². The number of rotatable bonds is 7. The van der Waals surface area contributed by atoms with Gasteiger partial charge in [0.05, 0.1) is 12.6 Å². The normalized spacial score (nSPS) is 12.9. The second-order valence-corrected chi connectivity index (χ2v) is 8.94. The Hall–Kier alpha value is -1.73. The summed E-state index contributed by atoms with van der Waals surface area (Å²) >= 11 is 2.26. The van der Waals surface area contributed by atoms with Crippen LogP contribution in [0.2, 0.25) is 0 Å². The minimum absolute atomic E-state index is 0.228. The van der Waals surface area contributed by atoms with Gasteiger partial charge in [0.25, 0.3) is 0 Å². The van der Waals surface area contributed by atoms with Crippen molar-refractivity contribution >= 4 is 33.5 Å². The van der Waals surface area contributed by atoms with Crippen LogP contribution >= 0.6 is 22.6 Å². The van der Waals surface area contributed by atoms with Crippen LogP contribution in [0.15, 0.2) is 48.5 Å². The fourth-order valence-corrected chi connectivity index (χ4v) is 4.43. The Morgan fingerprint density at radius 2 is 1.93 bits per heavy atom. The van der Waals surface area contributed by atoms with Gasteiger partial charge in [-0.3, -0.25) is 0 Å². The highest BCUT2D eigenvalue weighted by molar-refractivity contribution is 14.1. The summed E-state index contributed by atoms with van der Waals surface area (Å²) in [7, 11) is 1.63. The molecule has 0 fully saturated rings. The van der Waals surface area contributed by atoms with Gasteiger partial charge >= 0.3 is 0 Å². The van der Waals surface area contributed by atoms with Crippen LogP contribution in [0.1, 0.15) is 38.3 Å². The van der Waals surface area contributed by atoms with E-state index in [9.17, 15) is 4.39 Å². The average molecular weight is 492 g/mol. The first kappa shape index (κ1) is 21.0. The van der Waals surface area contributed by atoms with Gasteiger partial charge in [-0.15, -0.1) is 0 Å². The zero-order valence-electron chi connectivity index (χ0n) is 16.7. The van der Waals surface area contributed by atoms with E-state index in [1.54, 1.807) is 19.2 Å². The van der Waals surface area contributed by atoms with Crippen molar-refractivity contribution in [1.82, 2.24) is 10.3 Å². The van der Waals surface area contributed by atoms with Crippen molar-refractivity contribution in [2.75, 3.05) is 7.11 Å².